The first-order chi connectivity index (χ1) is 14.4. The van der Waals surface area contributed by atoms with Crippen LogP contribution in [0.3, 0.4) is 0 Å². The summed E-state index contributed by atoms with van der Waals surface area (Å²) in [6.45, 7) is 1.62. The predicted molar refractivity (Wildman–Crippen MR) is 108 cm³/mol. The Morgan fingerprint density at radius 1 is 1.17 bits per heavy atom. The lowest BCUT2D eigenvalue weighted by molar-refractivity contribution is 0.0936. The van der Waals surface area contributed by atoms with Crippen molar-refractivity contribution >= 4 is 5.91 Å². The fourth-order valence-corrected chi connectivity index (χ4v) is 3.32. The third kappa shape index (κ3) is 4.62. The number of aromatic amines is 1. The van der Waals surface area contributed by atoms with Crippen molar-refractivity contribution in [2.45, 2.75) is 38.1 Å². The molecule has 4 rings (SSSR count). The van der Waals surface area contributed by atoms with Gasteiger partial charge in [-0.3, -0.25) is 9.59 Å². The normalized spacial score (nSPS) is 14.4. The van der Waals surface area contributed by atoms with Crippen molar-refractivity contribution in [1.82, 2.24) is 15.3 Å². The van der Waals surface area contributed by atoms with Gasteiger partial charge in [0.1, 0.15) is 17.5 Å². The van der Waals surface area contributed by atoms with E-state index in [0.29, 0.717) is 22.6 Å². The van der Waals surface area contributed by atoms with Crippen LogP contribution in [-0.2, 0) is 6.42 Å². The van der Waals surface area contributed by atoms with Gasteiger partial charge in [0.25, 0.3) is 11.5 Å². The van der Waals surface area contributed by atoms with Gasteiger partial charge in [0.05, 0.1) is 11.7 Å². The van der Waals surface area contributed by atoms with Gasteiger partial charge in [0.15, 0.2) is 0 Å². The van der Waals surface area contributed by atoms with E-state index in [1.807, 2.05) is 0 Å². The zero-order valence-corrected chi connectivity index (χ0v) is 16.4. The van der Waals surface area contributed by atoms with E-state index in [0.717, 1.165) is 12.8 Å². The molecule has 5 nitrogen and oxygen atoms in total. The molecule has 0 unspecified atom stereocenters. The Hall–Kier alpha value is -3.35. The van der Waals surface area contributed by atoms with E-state index >= 15 is 0 Å². The van der Waals surface area contributed by atoms with Gasteiger partial charge in [0, 0.05) is 24.0 Å². The minimum atomic E-state index is -0.566. The van der Waals surface area contributed by atoms with Gasteiger partial charge < -0.3 is 10.3 Å². The molecule has 2 aromatic carbocycles. The summed E-state index contributed by atoms with van der Waals surface area (Å²) in [6, 6.07) is 10.9. The van der Waals surface area contributed by atoms with Crippen LogP contribution in [0.15, 0.2) is 53.3 Å². The Kier molecular flexibility index (Phi) is 5.44. The van der Waals surface area contributed by atoms with Crippen molar-refractivity contribution in [3.63, 3.8) is 0 Å². The lowest BCUT2D eigenvalue weighted by Gasteiger charge is -2.19. The first-order valence-corrected chi connectivity index (χ1v) is 9.81. The molecule has 0 radical (unpaired) electrons. The lowest BCUT2D eigenvalue weighted by atomic mass is 10.0. The summed E-state index contributed by atoms with van der Waals surface area (Å²) >= 11 is 0. The molecule has 1 amide bonds. The summed E-state index contributed by atoms with van der Waals surface area (Å²) in [5.74, 6) is -0.397. The monoisotopic (exact) mass is 409 g/mol. The molecule has 0 saturated heterocycles. The zero-order chi connectivity index (χ0) is 21.3. The maximum Gasteiger partial charge on any atom is 0.251 e. The Bertz CT molecular complexity index is 1140. The molecular weight excluding hydrogens is 388 g/mol. The van der Waals surface area contributed by atoms with E-state index in [1.165, 1.54) is 30.3 Å². The Morgan fingerprint density at radius 3 is 2.57 bits per heavy atom. The molecule has 1 heterocycles. The van der Waals surface area contributed by atoms with Crippen LogP contribution in [0.5, 0.6) is 0 Å². The molecule has 30 heavy (non-hydrogen) atoms. The van der Waals surface area contributed by atoms with Gasteiger partial charge in [-0.25, -0.2) is 13.8 Å². The number of halogens is 2. The lowest BCUT2D eigenvalue weighted by Crippen LogP contribution is -2.31. The summed E-state index contributed by atoms with van der Waals surface area (Å²) < 4.78 is 27.3. The molecule has 1 saturated carbocycles. The zero-order valence-electron chi connectivity index (χ0n) is 16.4. The second-order valence-corrected chi connectivity index (χ2v) is 7.64. The number of rotatable bonds is 6. The van der Waals surface area contributed by atoms with E-state index in [1.54, 1.807) is 25.1 Å². The van der Waals surface area contributed by atoms with Crippen LogP contribution >= 0.6 is 0 Å². The number of hydrogen-bond acceptors (Lipinski definition) is 3. The van der Waals surface area contributed by atoms with Gasteiger partial charge >= 0.3 is 0 Å². The first-order valence-electron chi connectivity index (χ1n) is 9.81. The average molecular weight is 409 g/mol. The van der Waals surface area contributed by atoms with Gasteiger partial charge in [-0.1, -0.05) is 18.2 Å². The Balaban J connectivity index is 1.63. The third-order valence-electron chi connectivity index (χ3n) is 5.20. The average Bonchev–Trinajstić information content (AvgIpc) is 3.55. The van der Waals surface area contributed by atoms with E-state index < -0.39 is 23.6 Å². The second-order valence-electron chi connectivity index (χ2n) is 7.64. The Labute approximate surface area is 172 Å². The molecule has 1 fully saturated rings. The molecule has 1 aromatic heterocycles. The summed E-state index contributed by atoms with van der Waals surface area (Å²) in [4.78, 5) is 32.1. The van der Waals surface area contributed by atoms with E-state index in [-0.39, 0.29) is 23.5 Å². The molecule has 7 heteroatoms. The number of H-pyrrole nitrogens is 1. The van der Waals surface area contributed by atoms with Crippen LogP contribution in [0.25, 0.3) is 0 Å². The topological polar surface area (TPSA) is 74.8 Å². The highest BCUT2D eigenvalue weighted by Gasteiger charge is 2.27. The Morgan fingerprint density at radius 2 is 1.90 bits per heavy atom. The predicted octanol–water partition coefficient (Wildman–Crippen LogP) is 3.95. The highest BCUT2D eigenvalue weighted by molar-refractivity contribution is 5.94. The highest BCUT2D eigenvalue weighted by atomic mass is 19.1. The largest absolute Gasteiger partial charge is 0.345 e. The quantitative estimate of drug-likeness (QED) is 0.647. The highest BCUT2D eigenvalue weighted by Crippen LogP contribution is 2.37. The molecule has 0 aliphatic heterocycles. The number of nitrogens with zero attached hydrogens (tertiary/aromatic N) is 1. The second kappa shape index (κ2) is 8.18. The smallest absolute Gasteiger partial charge is 0.251 e. The summed E-state index contributed by atoms with van der Waals surface area (Å²) in [5.41, 5.74) is 1.58. The summed E-state index contributed by atoms with van der Waals surface area (Å²) in [7, 11) is 0. The summed E-state index contributed by atoms with van der Waals surface area (Å²) in [5, 5.41) is 2.87. The van der Waals surface area contributed by atoms with Crippen LogP contribution in [0, 0.1) is 18.6 Å². The van der Waals surface area contributed by atoms with Gasteiger partial charge in [-0.05, 0) is 55.2 Å². The fraction of sp³-hybridized carbons (Fsp3) is 0.261. The number of carbonyl (C=O) groups is 1. The number of amides is 1. The SMILES string of the molecule is Cc1ccc(C(=O)N[C@H](Cc2cc(=O)[nH]c(C3CC3)n2)c2ccc(F)cc2)cc1F. The van der Waals surface area contributed by atoms with Crippen molar-refractivity contribution in [2.75, 3.05) is 0 Å². The molecule has 1 aliphatic rings. The van der Waals surface area contributed by atoms with Crippen LogP contribution in [0.2, 0.25) is 0 Å². The number of benzene rings is 2. The fourth-order valence-electron chi connectivity index (χ4n) is 3.32. The number of nitrogens with one attached hydrogen (secondary N) is 2. The van der Waals surface area contributed by atoms with Crippen molar-refractivity contribution in [3.05, 3.63) is 98.7 Å². The first kappa shape index (κ1) is 19.9. The van der Waals surface area contributed by atoms with Crippen LogP contribution in [-0.4, -0.2) is 15.9 Å². The molecular formula is C23H21F2N3O2. The molecule has 3 aromatic rings. The number of aryl methyl sites for hydroxylation is 1. The number of aromatic nitrogens is 2. The van der Waals surface area contributed by atoms with E-state index in [9.17, 15) is 18.4 Å². The maximum absolute atomic E-state index is 13.9. The number of carbonyl (C=O) groups excluding carboxylic acids is 1. The van der Waals surface area contributed by atoms with E-state index in [2.05, 4.69) is 15.3 Å². The van der Waals surface area contributed by atoms with Crippen LogP contribution in [0.1, 0.15) is 57.8 Å². The van der Waals surface area contributed by atoms with Crippen molar-refractivity contribution in [3.8, 4) is 0 Å². The summed E-state index contributed by atoms with van der Waals surface area (Å²) in [6.07, 6.45) is 2.22. The molecule has 154 valence electrons. The minimum absolute atomic E-state index is 0.183. The van der Waals surface area contributed by atoms with Crippen LogP contribution < -0.4 is 10.9 Å². The van der Waals surface area contributed by atoms with Gasteiger partial charge in [0.2, 0.25) is 0 Å². The minimum Gasteiger partial charge on any atom is -0.345 e. The maximum atomic E-state index is 13.9. The van der Waals surface area contributed by atoms with Crippen LogP contribution in [0.4, 0.5) is 8.78 Å². The number of hydrogen-bond donors (Lipinski definition) is 2. The molecule has 0 spiro atoms. The van der Waals surface area contributed by atoms with Crippen molar-refractivity contribution in [2.24, 2.45) is 0 Å². The van der Waals surface area contributed by atoms with E-state index in [4.69, 9.17) is 0 Å². The standard InChI is InChI=1S/C23H21F2N3O2/c1-13-2-3-16(10-19(13)25)23(30)27-20(14-6-8-17(24)9-7-14)11-18-12-21(29)28-22(26-18)15-4-5-15/h2-3,6-10,12,15,20H,4-5,11H2,1H3,(H,27,30)(H,26,28,29)/t20-/m1/s1. The molecule has 1 aliphatic carbocycles. The molecule has 0 bridgehead atoms. The molecule has 1 atom stereocenters. The van der Waals surface area contributed by atoms with Gasteiger partial charge in [-0.15, -0.1) is 0 Å². The van der Waals surface area contributed by atoms with Crippen molar-refractivity contribution < 1.29 is 13.6 Å². The molecule has 2 N–H and O–H groups in total. The van der Waals surface area contributed by atoms with Gasteiger partial charge in [-0.2, -0.15) is 0 Å². The third-order valence-corrected chi connectivity index (χ3v) is 5.20. The van der Waals surface area contributed by atoms with Crippen molar-refractivity contribution in [1.29, 1.82) is 0 Å².